The second-order valence-electron chi connectivity index (χ2n) is 5.58. The molecule has 0 bridgehead atoms. The number of hydrogen-bond donors (Lipinski definition) is 3. The second-order valence-corrected chi connectivity index (χ2v) is 7.14. The summed E-state index contributed by atoms with van der Waals surface area (Å²) in [5, 5.41) is 21.1. The minimum absolute atomic E-state index is 0.0365. The van der Waals surface area contributed by atoms with E-state index < -0.39 is 28.1 Å². The topological polar surface area (TPSA) is 141 Å². The molecule has 0 radical (unpaired) electrons. The molecule has 0 aliphatic carbocycles. The highest BCUT2D eigenvalue weighted by Gasteiger charge is 2.14. The third-order valence-electron chi connectivity index (χ3n) is 3.58. The number of sulfonamides is 1. The Morgan fingerprint density at radius 2 is 1.62 bits per heavy atom. The Hall–Kier alpha value is -2.91. The van der Waals surface area contributed by atoms with E-state index in [0.717, 1.165) is 5.56 Å². The number of nitrogens with one attached hydrogen (secondary N) is 2. The molecule has 8 nitrogen and oxygen atoms in total. The number of carboxylic acid groups (broad SMARTS) is 1. The van der Waals surface area contributed by atoms with Gasteiger partial charge in [-0.15, -0.1) is 0 Å². The van der Waals surface area contributed by atoms with Crippen LogP contribution in [0.25, 0.3) is 0 Å². The number of amides is 2. The van der Waals surface area contributed by atoms with E-state index in [-0.39, 0.29) is 17.9 Å². The molecule has 1 atom stereocenters. The first-order chi connectivity index (χ1) is 12.3. The van der Waals surface area contributed by atoms with Crippen molar-refractivity contribution < 1.29 is 23.1 Å². The summed E-state index contributed by atoms with van der Waals surface area (Å²) >= 11 is 0. The predicted octanol–water partition coefficient (Wildman–Crippen LogP) is -0.506. The van der Waals surface area contributed by atoms with Gasteiger partial charge in [0.25, 0.3) is 0 Å². The van der Waals surface area contributed by atoms with Crippen molar-refractivity contribution in [2.24, 2.45) is 5.14 Å². The number of primary sulfonamides is 1. The van der Waals surface area contributed by atoms with Gasteiger partial charge in [-0.2, -0.15) is 0 Å². The van der Waals surface area contributed by atoms with Gasteiger partial charge in [-0.3, -0.25) is 0 Å². The number of hydrogen-bond acceptors (Lipinski definition) is 5. The van der Waals surface area contributed by atoms with Gasteiger partial charge in [0.05, 0.1) is 16.9 Å². The van der Waals surface area contributed by atoms with Crippen LogP contribution in [0.5, 0.6) is 0 Å². The highest BCUT2D eigenvalue weighted by atomic mass is 32.2. The molecule has 2 aromatic rings. The predicted molar refractivity (Wildman–Crippen MR) is 92.1 cm³/mol. The summed E-state index contributed by atoms with van der Waals surface area (Å²) in [6, 6.07) is 12.6. The normalized spacial score (nSPS) is 12.2. The van der Waals surface area contributed by atoms with Gasteiger partial charge in [-0.25, -0.2) is 18.4 Å². The minimum atomic E-state index is -3.78. The highest BCUT2D eigenvalue weighted by molar-refractivity contribution is 7.89. The lowest BCUT2D eigenvalue weighted by Crippen LogP contribution is -2.51. The van der Waals surface area contributed by atoms with E-state index in [9.17, 15) is 23.1 Å². The maximum Gasteiger partial charge on any atom is 0.315 e. The molecular weight excluding hydrogens is 358 g/mol. The van der Waals surface area contributed by atoms with Crippen molar-refractivity contribution in [3.05, 3.63) is 65.7 Å². The molecule has 0 saturated heterocycles. The van der Waals surface area contributed by atoms with Gasteiger partial charge in [0, 0.05) is 6.54 Å². The summed E-state index contributed by atoms with van der Waals surface area (Å²) in [6.45, 7) is 0.0852. The summed E-state index contributed by atoms with van der Waals surface area (Å²) in [7, 11) is -3.78. The number of aliphatic carboxylic acids is 1. The molecule has 0 aliphatic rings. The Bertz CT molecular complexity index is 867. The molecule has 9 heteroatoms. The van der Waals surface area contributed by atoms with E-state index in [0.29, 0.717) is 5.56 Å². The average Bonchev–Trinajstić information content (AvgIpc) is 2.60. The number of carbonyl (C=O) groups is 2. The average molecular weight is 376 g/mol. The molecule has 0 spiro atoms. The summed E-state index contributed by atoms with van der Waals surface area (Å²) in [5.74, 6) is -1.39. The molecule has 0 heterocycles. The number of nitrogens with two attached hydrogens (primary N) is 1. The van der Waals surface area contributed by atoms with Crippen LogP contribution in [0, 0.1) is 0 Å². The molecular formula is C17H18N3O5S-. The summed E-state index contributed by atoms with van der Waals surface area (Å²) in [6.07, 6.45) is 0.0969. The highest BCUT2D eigenvalue weighted by Crippen LogP contribution is 2.08. The first-order valence-corrected chi connectivity index (χ1v) is 9.21. The van der Waals surface area contributed by atoms with Gasteiger partial charge in [0.2, 0.25) is 10.0 Å². The van der Waals surface area contributed by atoms with Crippen LogP contribution in [0.2, 0.25) is 0 Å². The van der Waals surface area contributed by atoms with Crippen LogP contribution in [-0.4, -0.2) is 26.5 Å². The molecule has 2 aromatic carbocycles. The monoisotopic (exact) mass is 376 g/mol. The fourth-order valence-electron chi connectivity index (χ4n) is 2.23. The minimum Gasteiger partial charge on any atom is -0.548 e. The van der Waals surface area contributed by atoms with Crippen LogP contribution < -0.4 is 20.9 Å². The van der Waals surface area contributed by atoms with Gasteiger partial charge in [-0.1, -0.05) is 42.5 Å². The number of rotatable bonds is 7. The summed E-state index contributed by atoms with van der Waals surface area (Å²) in [4.78, 5) is 23.1. The van der Waals surface area contributed by atoms with Crippen molar-refractivity contribution in [3.63, 3.8) is 0 Å². The maximum absolute atomic E-state index is 11.9. The molecule has 4 N–H and O–H groups in total. The van der Waals surface area contributed by atoms with Gasteiger partial charge in [-0.05, 0) is 29.7 Å². The van der Waals surface area contributed by atoms with Crippen LogP contribution in [0.4, 0.5) is 4.79 Å². The second kappa shape index (κ2) is 8.45. The fourth-order valence-corrected chi connectivity index (χ4v) is 2.75. The summed E-state index contributed by atoms with van der Waals surface area (Å²) < 4.78 is 22.4. The number of benzene rings is 2. The van der Waals surface area contributed by atoms with Gasteiger partial charge in [0.15, 0.2) is 0 Å². The molecule has 0 aliphatic heterocycles. The molecule has 0 unspecified atom stereocenters. The molecule has 0 aromatic heterocycles. The number of carboxylic acids is 1. The van der Waals surface area contributed by atoms with Crippen LogP contribution in [-0.2, 0) is 27.8 Å². The lowest BCUT2D eigenvalue weighted by atomic mass is 10.1. The van der Waals surface area contributed by atoms with E-state index in [1.165, 1.54) is 24.3 Å². The quantitative estimate of drug-likeness (QED) is 0.597. The zero-order chi connectivity index (χ0) is 19.2. The SMILES string of the molecule is NS(=O)(=O)c1ccc(CNC(=O)N[C@@H](Cc2ccccc2)C(=O)[O-])cc1. The summed E-state index contributed by atoms with van der Waals surface area (Å²) in [5.41, 5.74) is 1.38. The molecule has 2 amide bonds. The Kier molecular flexibility index (Phi) is 6.31. The standard InChI is InChI=1S/C17H19N3O5S/c18-26(24,25)14-8-6-13(7-9-14)11-19-17(23)20-15(16(21)22)10-12-4-2-1-3-5-12/h1-9,15H,10-11H2,(H,21,22)(H2,18,24,25)(H2,19,20,23)/p-1/t15-/m0/s1. The first-order valence-electron chi connectivity index (χ1n) is 7.66. The van der Waals surface area contributed by atoms with Crippen molar-refractivity contribution in [2.45, 2.75) is 23.9 Å². The van der Waals surface area contributed by atoms with E-state index in [2.05, 4.69) is 10.6 Å². The largest absolute Gasteiger partial charge is 0.548 e. The fraction of sp³-hybridized carbons (Fsp3) is 0.176. The molecule has 0 fully saturated rings. The van der Waals surface area contributed by atoms with E-state index >= 15 is 0 Å². The van der Waals surface area contributed by atoms with Crippen molar-refractivity contribution in [1.29, 1.82) is 0 Å². The van der Waals surface area contributed by atoms with E-state index in [1.807, 2.05) is 0 Å². The van der Waals surface area contributed by atoms with E-state index in [4.69, 9.17) is 5.14 Å². The zero-order valence-corrected chi connectivity index (χ0v) is 14.5. The molecule has 138 valence electrons. The van der Waals surface area contributed by atoms with Crippen molar-refractivity contribution in [2.75, 3.05) is 0 Å². The Morgan fingerprint density at radius 1 is 1.00 bits per heavy atom. The van der Waals surface area contributed by atoms with Gasteiger partial charge < -0.3 is 20.5 Å². The molecule has 0 saturated carbocycles. The van der Waals surface area contributed by atoms with Crippen molar-refractivity contribution in [1.82, 2.24) is 10.6 Å². The van der Waals surface area contributed by atoms with Crippen LogP contribution in [0.1, 0.15) is 11.1 Å². The van der Waals surface area contributed by atoms with Gasteiger partial charge >= 0.3 is 6.03 Å². The lowest BCUT2D eigenvalue weighted by molar-refractivity contribution is -0.308. The number of carbonyl (C=O) groups excluding carboxylic acids is 2. The van der Waals surface area contributed by atoms with Crippen LogP contribution in [0.3, 0.4) is 0 Å². The first kappa shape index (κ1) is 19.4. The van der Waals surface area contributed by atoms with Gasteiger partial charge in [0.1, 0.15) is 0 Å². The maximum atomic E-state index is 11.9. The Morgan fingerprint density at radius 3 is 2.15 bits per heavy atom. The van der Waals surface area contributed by atoms with E-state index in [1.54, 1.807) is 30.3 Å². The Balaban J connectivity index is 1.91. The number of urea groups is 1. The smallest absolute Gasteiger partial charge is 0.315 e. The van der Waals surface area contributed by atoms with Crippen LogP contribution >= 0.6 is 0 Å². The Labute approximate surface area is 151 Å². The van der Waals surface area contributed by atoms with Crippen LogP contribution in [0.15, 0.2) is 59.5 Å². The molecule has 26 heavy (non-hydrogen) atoms. The third-order valence-corrected chi connectivity index (χ3v) is 4.51. The van der Waals surface area contributed by atoms with Crippen molar-refractivity contribution in [3.8, 4) is 0 Å². The lowest BCUT2D eigenvalue weighted by Gasteiger charge is -2.20. The third kappa shape index (κ3) is 5.87. The van der Waals surface area contributed by atoms with Crippen molar-refractivity contribution >= 4 is 22.0 Å². The zero-order valence-electron chi connectivity index (χ0n) is 13.7. The molecule has 2 rings (SSSR count).